The standard InChI is InChI=1S/C29H34O7/c1-16-12-21(24(31)13-16)26(35-19(4)30)18(3)25(36-28(34)20-10-8-7-9-11-20)15-23-22(29(23,5)6)14-17(2)27(32)33/h7-12,14,16,22-23,25-26H,3,13,15H2,1-2,4-6H3,(H,32,33). The summed E-state index contributed by atoms with van der Waals surface area (Å²) in [5.74, 6) is -2.31. The lowest BCUT2D eigenvalue weighted by atomic mass is 9.92. The first-order valence-electron chi connectivity index (χ1n) is 12.1. The third kappa shape index (κ3) is 6.01. The second kappa shape index (κ2) is 10.6. The molecule has 1 fully saturated rings. The van der Waals surface area contributed by atoms with Crippen LogP contribution >= 0.6 is 0 Å². The number of benzene rings is 1. The molecule has 0 amide bonds. The van der Waals surface area contributed by atoms with Gasteiger partial charge in [-0.2, -0.15) is 0 Å². The summed E-state index contributed by atoms with van der Waals surface area (Å²) in [6.07, 6.45) is 2.27. The highest BCUT2D eigenvalue weighted by atomic mass is 16.6. The highest BCUT2D eigenvalue weighted by Crippen LogP contribution is 2.62. The molecular weight excluding hydrogens is 460 g/mol. The number of allylic oxidation sites excluding steroid dienone is 2. The molecule has 2 aliphatic carbocycles. The lowest BCUT2D eigenvalue weighted by Crippen LogP contribution is -2.33. The summed E-state index contributed by atoms with van der Waals surface area (Å²) >= 11 is 0. The first-order chi connectivity index (χ1) is 16.8. The molecular formula is C29H34O7. The van der Waals surface area contributed by atoms with E-state index in [4.69, 9.17) is 9.47 Å². The first-order valence-corrected chi connectivity index (χ1v) is 12.1. The third-order valence-electron chi connectivity index (χ3n) is 7.24. The summed E-state index contributed by atoms with van der Waals surface area (Å²) in [5, 5.41) is 9.32. The number of esters is 2. The van der Waals surface area contributed by atoms with Gasteiger partial charge in [0.1, 0.15) is 6.10 Å². The zero-order valence-corrected chi connectivity index (χ0v) is 21.4. The summed E-state index contributed by atoms with van der Waals surface area (Å²) < 4.78 is 11.5. The van der Waals surface area contributed by atoms with Crippen LogP contribution in [0.2, 0.25) is 0 Å². The van der Waals surface area contributed by atoms with Crippen molar-refractivity contribution in [2.45, 2.75) is 59.7 Å². The highest BCUT2D eigenvalue weighted by molar-refractivity contribution is 6.00. The van der Waals surface area contributed by atoms with Crippen LogP contribution in [0.5, 0.6) is 0 Å². The van der Waals surface area contributed by atoms with E-state index in [9.17, 15) is 24.3 Å². The van der Waals surface area contributed by atoms with Crippen LogP contribution in [0.15, 0.2) is 65.8 Å². The summed E-state index contributed by atoms with van der Waals surface area (Å²) in [4.78, 5) is 49.0. The Morgan fingerprint density at radius 1 is 1.17 bits per heavy atom. The molecule has 5 unspecified atom stereocenters. The number of Topliss-reactive ketones (excluding diaryl/α,β-unsaturated/α-hetero) is 1. The van der Waals surface area contributed by atoms with Gasteiger partial charge in [0.2, 0.25) is 0 Å². The molecule has 0 aliphatic heterocycles. The normalized spacial score (nSPS) is 24.4. The number of rotatable bonds is 10. The summed E-state index contributed by atoms with van der Waals surface area (Å²) in [6, 6.07) is 8.52. The fraction of sp³-hybridized carbons (Fsp3) is 0.448. The molecule has 0 bridgehead atoms. The van der Waals surface area contributed by atoms with Crippen molar-refractivity contribution in [2.24, 2.45) is 23.2 Å². The fourth-order valence-corrected chi connectivity index (χ4v) is 4.96. The SMILES string of the molecule is C=C(C(CC1C(C=C(C)C(=O)O)C1(C)C)OC(=O)c1ccccc1)C(OC(C)=O)C1=CC(C)CC1=O. The van der Waals surface area contributed by atoms with E-state index in [1.165, 1.54) is 6.92 Å². The van der Waals surface area contributed by atoms with Crippen LogP contribution in [-0.2, 0) is 23.9 Å². The van der Waals surface area contributed by atoms with Crippen molar-refractivity contribution in [2.75, 3.05) is 0 Å². The largest absolute Gasteiger partial charge is 0.478 e. The van der Waals surface area contributed by atoms with Gasteiger partial charge in [-0.1, -0.05) is 57.7 Å². The summed E-state index contributed by atoms with van der Waals surface area (Å²) in [7, 11) is 0. The van der Waals surface area contributed by atoms with E-state index in [2.05, 4.69) is 6.58 Å². The summed E-state index contributed by atoms with van der Waals surface area (Å²) in [6.45, 7) is 12.9. The van der Waals surface area contributed by atoms with Gasteiger partial charge in [0.25, 0.3) is 0 Å². The maximum absolute atomic E-state index is 13.0. The van der Waals surface area contributed by atoms with E-state index in [0.717, 1.165) is 0 Å². The van der Waals surface area contributed by atoms with E-state index < -0.39 is 30.1 Å². The Morgan fingerprint density at radius 2 is 1.81 bits per heavy atom. The van der Waals surface area contributed by atoms with Gasteiger partial charge in [-0.3, -0.25) is 9.59 Å². The lowest BCUT2D eigenvalue weighted by molar-refractivity contribution is -0.144. The number of aliphatic carboxylic acids is 1. The molecule has 1 saturated carbocycles. The van der Waals surface area contributed by atoms with E-state index in [1.54, 1.807) is 49.4 Å². The Hall–Kier alpha value is -3.48. The zero-order valence-electron chi connectivity index (χ0n) is 21.4. The van der Waals surface area contributed by atoms with Gasteiger partial charge < -0.3 is 14.6 Å². The minimum absolute atomic E-state index is 0.000413. The Morgan fingerprint density at radius 3 is 2.33 bits per heavy atom. The predicted octanol–water partition coefficient (Wildman–Crippen LogP) is 4.93. The number of carboxylic acid groups (broad SMARTS) is 1. The zero-order chi connectivity index (χ0) is 26.8. The molecule has 0 radical (unpaired) electrons. The van der Waals surface area contributed by atoms with Crippen LogP contribution in [0.25, 0.3) is 0 Å². The van der Waals surface area contributed by atoms with E-state index in [1.807, 2.05) is 20.8 Å². The van der Waals surface area contributed by atoms with Crippen LogP contribution in [0.1, 0.15) is 57.8 Å². The molecule has 1 aromatic rings. The topological polar surface area (TPSA) is 107 Å². The second-order valence-corrected chi connectivity index (χ2v) is 10.4. The van der Waals surface area contributed by atoms with Gasteiger partial charge in [-0.05, 0) is 48.6 Å². The monoisotopic (exact) mass is 494 g/mol. The Kier molecular flexibility index (Phi) is 8.02. The number of carbonyl (C=O) groups excluding carboxylic acids is 3. The molecule has 7 heteroatoms. The Balaban J connectivity index is 1.93. The van der Waals surface area contributed by atoms with Crippen molar-refractivity contribution in [1.82, 2.24) is 0 Å². The molecule has 0 heterocycles. The van der Waals surface area contributed by atoms with Crippen LogP contribution < -0.4 is 0 Å². The van der Waals surface area contributed by atoms with Gasteiger partial charge in [-0.15, -0.1) is 0 Å². The van der Waals surface area contributed by atoms with Crippen molar-refractivity contribution in [3.63, 3.8) is 0 Å². The molecule has 2 aliphatic rings. The van der Waals surface area contributed by atoms with Crippen LogP contribution in [0, 0.1) is 23.2 Å². The molecule has 7 nitrogen and oxygen atoms in total. The Bertz CT molecular complexity index is 1130. The average molecular weight is 495 g/mol. The first kappa shape index (κ1) is 27.1. The molecule has 192 valence electrons. The molecule has 36 heavy (non-hydrogen) atoms. The molecule has 1 N–H and O–H groups in total. The second-order valence-electron chi connectivity index (χ2n) is 10.4. The average Bonchev–Trinajstić information content (AvgIpc) is 3.12. The number of hydrogen-bond acceptors (Lipinski definition) is 6. The van der Waals surface area contributed by atoms with Gasteiger partial charge in [-0.25, -0.2) is 9.59 Å². The van der Waals surface area contributed by atoms with E-state index in [-0.39, 0.29) is 34.5 Å². The number of hydrogen-bond donors (Lipinski definition) is 1. The molecule has 0 spiro atoms. The Labute approximate surface area is 211 Å². The van der Waals surface area contributed by atoms with Crippen molar-refractivity contribution < 1.29 is 33.8 Å². The predicted molar refractivity (Wildman–Crippen MR) is 134 cm³/mol. The number of carboxylic acids is 1. The van der Waals surface area contributed by atoms with E-state index >= 15 is 0 Å². The van der Waals surface area contributed by atoms with Crippen molar-refractivity contribution in [1.29, 1.82) is 0 Å². The third-order valence-corrected chi connectivity index (χ3v) is 7.24. The number of ketones is 1. The smallest absolute Gasteiger partial charge is 0.338 e. The minimum Gasteiger partial charge on any atom is -0.478 e. The molecule has 0 saturated heterocycles. The number of carbonyl (C=O) groups is 4. The van der Waals surface area contributed by atoms with Gasteiger partial charge in [0.15, 0.2) is 11.9 Å². The fourth-order valence-electron chi connectivity index (χ4n) is 4.96. The molecule has 3 rings (SSSR count). The molecule has 1 aromatic carbocycles. The van der Waals surface area contributed by atoms with Crippen molar-refractivity contribution >= 4 is 23.7 Å². The van der Waals surface area contributed by atoms with Crippen molar-refractivity contribution in [3.8, 4) is 0 Å². The van der Waals surface area contributed by atoms with Crippen LogP contribution in [-0.4, -0.2) is 41.0 Å². The van der Waals surface area contributed by atoms with E-state index in [0.29, 0.717) is 29.6 Å². The maximum Gasteiger partial charge on any atom is 0.338 e. The molecule has 5 atom stereocenters. The maximum atomic E-state index is 13.0. The highest BCUT2D eigenvalue weighted by Gasteiger charge is 2.57. The molecule has 0 aromatic heterocycles. The number of ether oxygens (including phenoxy) is 2. The van der Waals surface area contributed by atoms with Gasteiger partial charge >= 0.3 is 17.9 Å². The van der Waals surface area contributed by atoms with Gasteiger partial charge in [0.05, 0.1) is 5.56 Å². The lowest BCUT2D eigenvalue weighted by Gasteiger charge is -2.27. The van der Waals surface area contributed by atoms with Crippen LogP contribution in [0.3, 0.4) is 0 Å². The quantitative estimate of drug-likeness (QED) is 0.279. The minimum atomic E-state index is -1.04. The van der Waals surface area contributed by atoms with Crippen molar-refractivity contribution in [3.05, 3.63) is 71.3 Å². The van der Waals surface area contributed by atoms with Gasteiger partial charge in [0, 0.05) is 30.1 Å². The van der Waals surface area contributed by atoms with Crippen LogP contribution in [0.4, 0.5) is 0 Å². The summed E-state index contributed by atoms with van der Waals surface area (Å²) in [5.41, 5.74) is 1.03.